The first-order valence-corrected chi connectivity index (χ1v) is 10.2. The number of rotatable bonds is 18. The summed E-state index contributed by atoms with van der Waals surface area (Å²) in [7, 11) is 0. The molecular formula is C20H42N2O. The van der Waals surface area contributed by atoms with E-state index < -0.39 is 0 Å². The van der Waals surface area contributed by atoms with Gasteiger partial charge in [0.2, 0.25) is 5.91 Å². The van der Waals surface area contributed by atoms with Crippen LogP contribution in [0.3, 0.4) is 0 Å². The van der Waals surface area contributed by atoms with Crippen molar-refractivity contribution in [1.82, 2.24) is 5.32 Å². The van der Waals surface area contributed by atoms with E-state index in [4.69, 9.17) is 5.73 Å². The monoisotopic (exact) mass is 326 g/mol. The average molecular weight is 327 g/mol. The van der Waals surface area contributed by atoms with Crippen LogP contribution in [0.4, 0.5) is 0 Å². The summed E-state index contributed by atoms with van der Waals surface area (Å²) >= 11 is 0. The Morgan fingerprint density at radius 1 is 0.739 bits per heavy atom. The van der Waals surface area contributed by atoms with Gasteiger partial charge in [0.25, 0.3) is 0 Å². The van der Waals surface area contributed by atoms with Gasteiger partial charge in [-0.25, -0.2) is 0 Å². The second-order valence-corrected chi connectivity index (χ2v) is 6.90. The summed E-state index contributed by atoms with van der Waals surface area (Å²) in [4.78, 5) is 11.2. The van der Waals surface area contributed by atoms with Crippen molar-refractivity contribution in [3.05, 3.63) is 0 Å². The zero-order chi connectivity index (χ0) is 17.2. The molecule has 0 saturated carbocycles. The molecule has 0 saturated heterocycles. The van der Waals surface area contributed by atoms with Crippen LogP contribution in [0.5, 0.6) is 0 Å². The van der Waals surface area contributed by atoms with Crippen molar-refractivity contribution in [1.29, 1.82) is 0 Å². The van der Waals surface area contributed by atoms with Gasteiger partial charge in [-0.1, -0.05) is 104 Å². The van der Waals surface area contributed by atoms with E-state index >= 15 is 0 Å². The Bertz CT molecular complexity index is 256. The predicted molar refractivity (Wildman–Crippen MR) is 102 cm³/mol. The quantitative estimate of drug-likeness (QED) is 0.335. The van der Waals surface area contributed by atoms with E-state index in [-0.39, 0.29) is 11.9 Å². The summed E-state index contributed by atoms with van der Waals surface area (Å²) < 4.78 is 0. The Morgan fingerprint density at radius 3 is 1.48 bits per heavy atom. The molecule has 0 bridgehead atoms. The molecule has 0 aliphatic carbocycles. The molecule has 0 radical (unpaired) electrons. The fourth-order valence-corrected chi connectivity index (χ4v) is 3.13. The SMILES string of the molecule is CCCCCCCCCCCCCCCCC(NCC)C(N)=O. The molecule has 1 atom stereocenters. The summed E-state index contributed by atoms with van der Waals surface area (Å²) in [6, 6.07) is -0.127. The maximum absolute atomic E-state index is 11.2. The molecule has 3 N–H and O–H groups in total. The van der Waals surface area contributed by atoms with E-state index in [2.05, 4.69) is 12.2 Å². The van der Waals surface area contributed by atoms with Crippen molar-refractivity contribution < 1.29 is 4.79 Å². The number of likely N-dealkylation sites (N-methyl/N-ethyl adjacent to an activating group) is 1. The van der Waals surface area contributed by atoms with Crippen LogP contribution in [0.2, 0.25) is 0 Å². The number of unbranched alkanes of at least 4 members (excludes halogenated alkanes) is 13. The van der Waals surface area contributed by atoms with Gasteiger partial charge in [0.15, 0.2) is 0 Å². The summed E-state index contributed by atoms with van der Waals surface area (Å²) in [6.07, 6.45) is 20.0. The third-order valence-electron chi connectivity index (χ3n) is 4.64. The third-order valence-corrected chi connectivity index (χ3v) is 4.64. The minimum absolute atomic E-state index is 0.127. The van der Waals surface area contributed by atoms with Gasteiger partial charge in [-0.15, -0.1) is 0 Å². The van der Waals surface area contributed by atoms with Crippen LogP contribution < -0.4 is 11.1 Å². The number of hydrogen-bond acceptors (Lipinski definition) is 2. The molecule has 0 aliphatic heterocycles. The van der Waals surface area contributed by atoms with Crippen molar-refractivity contribution >= 4 is 5.91 Å². The average Bonchev–Trinajstić information content (AvgIpc) is 2.54. The van der Waals surface area contributed by atoms with Gasteiger partial charge in [-0.05, 0) is 13.0 Å². The van der Waals surface area contributed by atoms with Crippen LogP contribution in [0.25, 0.3) is 0 Å². The normalized spacial score (nSPS) is 12.4. The molecule has 0 fully saturated rings. The van der Waals surface area contributed by atoms with Crippen molar-refractivity contribution in [2.45, 2.75) is 116 Å². The number of nitrogens with one attached hydrogen (secondary N) is 1. The molecule has 3 heteroatoms. The largest absolute Gasteiger partial charge is 0.368 e. The van der Waals surface area contributed by atoms with Gasteiger partial charge in [0, 0.05) is 0 Å². The topological polar surface area (TPSA) is 55.1 Å². The number of carbonyl (C=O) groups excluding carboxylic acids is 1. The Morgan fingerprint density at radius 2 is 1.13 bits per heavy atom. The summed E-state index contributed by atoms with van der Waals surface area (Å²) in [5.74, 6) is -0.207. The lowest BCUT2D eigenvalue weighted by Crippen LogP contribution is -2.41. The van der Waals surface area contributed by atoms with Gasteiger partial charge in [-0.2, -0.15) is 0 Å². The van der Waals surface area contributed by atoms with E-state index in [1.807, 2.05) is 6.92 Å². The molecule has 3 nitrogen and oxygen atoms in total. The van der Waals surface area contributed by atoms with Gasteiger partial charge < -0.3 is 11.1 Å². The molecule has 0 rings (SSSR count). The van der Waals surface area contributed by atoms with Gasteiger partial charge >= 0.3 is 0 Å². The Kier molecular flexibility index (Phi) is 17.3. The van der Waals surface area contributed by atoms with Crippen LogP contribution in [-0.4, -0.2) is 18.5 Å². The lowest BCUT2D eigenvalue weighted by Gasteiger charge is -2.13. The van der Waals surface area contributed by atoms with E-state index in [1.165, 1.54) is 83.5 Å². The molecule has 0 heterocycles. The molecular weight excluding hydrogens is 284 g/mol. The second kappa shape index (κ2) is 17.8. The number of carbonyl (C=O) groups is 1. The highest BCUT2D eigenvalue weighted by Crippen LogP contribution is 2.13. The fraction of sp³-hybridized carbons (Fsp3) is 0.950. The van der Waals surface area contributed by atoms with Gasteiger partial charge in [0.05, 0.1) is 6.04 Å². The van der Waals surface area contributed by atoms with Crippen LogP contribution in [-0.2, 0) is 4.79 Å². The Labute approximate surface area is 145 Å². The number of amides is 1. The summed E-state index contributed by atoms with van der Waals surface area (Å²) in [6.45, 7) is 5.10. The van der Waals surface area contributed by atoms with E-state index in [0.717, 1.165) is 19.4 Å². The Balaban J connectivity index is 3.20. The van der Waals surface area contributed by atoms with Crippen LogP contribution in [0.1, 0.15) is 110 Å². The van der Waals surface area contributed by atoms with E-state index in [9.17, 15) is 4.79 Å². The number of nitrogens with two attached hydrogens (primary N) is 1. The standard InChI is InChI=1S/C20H42N2O/c1-3-5-6-7-8-9-10-11-12-13-14-15-16-17-18-19(20(21)23)22-4-2/h19,22H,3-18H2,1-2H3,(H2,21,23). The van der Waals surface area contributed by atoms with Crippen molar-refractivity contribution in [3.63, 3.8) is 0 Å². The fourth-order valence-electron chi connectivity index (χ4n) is 3.13. The zero-order valence-corrected chi connectivity index (χ0v) is 15.9. The minimum atomic E-state index is -0.207. The highest BCUT2D eigenvalue weighted by Gasteiger charge is 2.12. The van der Waals surface area contributed by atoms with Gasteiger partial charge in [-0.3, -0.25) is 4.79 Å². The van der Waals surface area contributed by atoms with Gasteiger partial charge in [0.1, 0.15) is 0 Å². The molecule has 0 spiro atoms. The first-order chi connectivity index (χ1) is 11.2. The molecule has 1 amide bonds. The third kappa shape index (κ3) is 16.1. The summed E-state index contributed by atoms with van der Waals surface area (Å²) in [5, 5.41) is 3.15. The molecule has 0 aromatic carbocycles. The predicted octanol–water partition coefficient (Wildman–Crippen LogP) is 5.32. The molecule has 138 valence electrons. The zero-order valence-electron chi connectivity index (χ0n) is 15.9. The Hall–Kier alpha value is -0.570. The van der Waals surface area contributed by atoms with Crippen LogP contribution >= 0.6 is 0 Å². The molecule has 1 unspecified atom stereocenters. The van der Waals surface area contributed by atoms with E-state index in [0.29, 0.717) is 0 Å². The highest BCUT2D eigenvalue weighted by molar-refractivity contribution is 5.79. The van der Waals surface area contributed by atoms with Crippen molar-refractivity contribution in [2.24, 2.45) is 5.73 Å². The lowest BCUT2D eigenvalue weighted by molar-refractivity contribution is -0.120. The molecule has 23 heavy (non-hydrogen) atoms. The van der Waals surface area contributed by atoms with Crippen LogP contribution in [0.15, 0.2) is 0 Å². The number of primary amides is 1. The maximum atomic E-state index is 11.2. The number of hydrogen-bond donors (Lipinski definition) is 2. The second-order valence-electron chi connectivity index (χ2n) is 6.90. The molecule has 0 aromatic rings. The van der Waals surface area contributed by atoms with E-state index in [1.54, 1.807) is 0 Å². The lowest BCUT2D eigenvalue weighted by atomic mass is 10.0. The maximum Gasteiger partial charge on any atom is 0.234 e. The van der Waals surface area contributed by atoms with Crippen LogP contribution in [0, 0.1) is 0 Å². The van der Waals surface area contributed by atoms with Crippen molar-refractivity contribution in [2.75, 3.05) is 6.54 Å². The first kappa shape index (κ1) is 22.4. The molecule has 0 aliphatic rings. The molecule has 0 aromatic heterocycles. The highest BCUT2D eigenvalue weighted by atomic mass is 16.1. The summed E-state index contributed by atoms with van der Waals surface area (Å²) in [5.41, 5.74) is 5.38. The van der Waals surface area contributed by atoms with Crippen molar-refractivity contribution in [3.8, 4) is 0 Å². The minimum Gasteiger partial charge on any atom is -0.368 e. The first-order valence-electron chi connectivity index (χ1n) is 10.2. The smallest absolute Gasteiger partial charge is 0.234 e.